The number of hydrogen-bond acceptors (Lipinski definition) is 0. The highest BCUT2D eigenvalue weighted by atomic mass is 14.2. The summed E-state index contributed by atoms with van der Waals surface area (Å²) in [5.74, 6) is 0.842. The molecule has 1 atom stereocenters. The predicted octanol–water partition coefficient (Wildman–Crippen LogP) is 3.87. The zero-order valence-electron chi connectivity index (χ0n) is 8.14. The summed E-state index contributed by atoms with van der Waals surface area (Å²) in [4.78, 5) is 0. The van der Waals surface area contributed by atoms with E-state index in [2.05, 4.69) is 32.6 Å². The van der Waals surface area contributed by atoms with Crippen LogP contribution in [0.15, 0.2) is 36.0 Å². The van der Waals surface area contributed by atoms with Crippen LogP contribution in [0, 0.1) is 5.92 Å². The van der Waals surface area contributed by atoms with Crippen LogP contribution in [-0.2, 0) is 0 Å². The Kier molecular flexibility index (Phi) is 3.33. The van der Waals surface area contributed by atoms with Crippen molar-refractivity contribution in [3.8, 4) is 0 Å². The van der Waals surface area contributed by atoms with E-state index in [0.717, 1.165) is 5.92 Å². The van der Waals surface area contributed by atoms with Crippen LogP contribution in [0.1, 0.15) is 33.1 Å². The van der Waals surface area contributed by atoms with Crippen LogP contribution in [0.25, 0.3) is 0 Å². The minimum atomic E-state index is 0.842. The van der Waals surface area contributed by atoms with Crippen LogP contribution in [0.5, 0.6) is 0 Å². The summed E-state index contributed by atoms with van der Waals surface area (Å²) in [5, 5.41) is 0. The van der Waals surface area contributed by atoms with Gasteiger partial charge in [0.15, 0.2) is 0 Å². The van der Waals surface area contributed by atoms with Crippen LogP contribution in [0.2, 0.25) is 0 Å². The second-order valence-corrected chi connectivity index (χ2v) is 3.47. The monoisotopic (exact) mass is 162 g/mol. The molecule has 1 rings (SSSR count). The standard InChI is InChI=1S/C12H18/c1-4-10-7-11(5-2)9-12(6-3)8-10/h4-5,7,12H,1,6,8-9H2,2-3H3/b11-5-. The van der Waals surface area contributed by atoms with Gasteiger partial charge in [-0.2, -0.15) is 0 Å². The molecule has 0 bridgehead atoms. The zero-order valence-corrected chi connectivity index (χ0v) is 8.14. The Bertz CT molecular complexity index is 218. The fourth-order valence-corrected chi connectivity index (χ4v) is 1.73. The normalized spacial score (nSPS) is 27.0. The molecule has 0 heteroatoms. The summed E-state index contributed by atoms with van der Waals surface area (Å²) in [6.07, 6.45) is 10.2. The third-order valence-corrected chi connectivity index (χ3v) is 2.63. The lowest BCUT2D eigenvalue weighted by molar-refractivity contribution is 0.495. The molecule has 66 valence electrons. The van der Waals surface area contributed by atoms with Crippen LogP contribution >= 0.6 is 0 Å². The van der Waals surface area contributed by atoms with Crippen LogP contribution < -0.4 is 0 Å². The van der Waals surface area contributed by atoms with Crippen molar-refractivity contribution < 1.29 is 0 Å². The van der Waals surface area contributed by atoms with Gasteiger partial charge in [0.05, 0.1) is 0 Å². The zero-order chi connectivity index (χ0) is 8.97. The van der Waals surface area contributed by atoms with Crippen molar-refractivity contribution in [2.45, 2.75) is 33.1 Å². The average molecular weight is 162 g/mol. The highest BCUT2D eigenvalue weighted by Crippen LogP contribution is 2.30. The summed E-state index contributed by atoms with van der Waals surface area (Å²) in [5.41, 5.74) is 2.88. The van der Waals surface area contributed by atoms with E-state index in [1.807, 2.05) is 6.08 Å². The van der Waals surface area contributed by atoms with Crippen molar-refractivity contribution in [1.29, 1.82) is 0 Å². The molecule has 0 aliphatic heterocycles. The molecule has 0 fully saturated rings. The molecule has 0 aromatic heterocycles. The summed E-state index contributed by atoms with van der Waals surface area (Å²) < 4.78 is 0. The highest BCUT2D eigenvalue weighted by molar-refractivity contribution is 5.32. The van der Waals surface area contributed by atoms with Crippen LogP contribution in [-0.4, -0.2) is 0 Å². The van der Waals surface area contributed by atoms with Crippen molar-refractivity contribution in [1.82, 2.24) is 0 Å². The van der Waals surface area contributed by atoms with Gasteiger partial charge in [0.2, 0.25) is 0 Å². The molecule has 0 aromatic carbocycles. The molecule has 0 nitrogen and oxygen atoms in total. The van der Waals surface area contributed by atoms with E-state index in [4.69, 9.17) is 0 Å². The molecular formula is C12H18. The maximum absolute atomic E-state index is 3.83. The third-order valence-electron chi connectivity index (χ3n) is 2.63. The van der Waals surface area contributed by atoms with Crippen molar-refractivity contribution in [2.24, 2.45) is 5.92 Å². The maximum Gasteiger partial charge on any atom is -0.0247 e. The Morgan fingerprint density at radius 2 is 2.33 bits per heavy atom. The molecule has 0 amide bonds. The fourth-order valence-electron chi connectivity index (χ4n) is 1.73. The Morgan fingerprint density at radius 1 is 1.58 bits per heavy atom. The molecule has 0 aromatic rings. The van der Waals surface area contributed by atoms with Gasteiger partial charge in [-0.1, -0.05) is 43.7 Å². The Labute approximate surface area is 75.7 Å². The first-order valence-corrected chi connectivity index (χ1v) is 4.78. The van der Waals surface area contributed by atoms with Crippen molar-refractivity contribution >= 4 is 0 Å². The largest absolute Gasteiger partial charge is 0.0988 e. The molecule has 0 N–H and O–H groups in total. The number of allylic oxidation sites excluding steroid dienone is 5. The first-order valence-electron chi connectivity index (χ1n) is 4.78. The topological polar surface area (TPSA) is 0 Å². The molecule has 0 spiro atoms. The van der Waals surface area contributed by atoms with Gasteiger partial charge in [0.25, 0.3) is 0 Å². The van der Waals surface area contributed by atoms with Gasteiger partial charge >= 0.3 is 0 Å². The van der Waals surface area contributed by atoms with Gasteiger partial charge in [-0.15, -0.1) is 0 Å². The van der Waals surface area contributed by atoms with E-state index in [1.54, 1.807) is 0 Å². The van der Waals surface area contributed by atoms with Crippen molar-refractivity contribution in [3.05, 3.63) is 36.0 Å². The van der Waals surface area contributed by atoms with Gasteiger partial charge in [-0.05, 0) is 31.3 Å². The molecule has 0 radical (unpaired) electrons. The minimum Gasteiger partial charge on any atom is -0.0988 e. The molecule has 12 heavy (non-hydrogen) atoms. The predicted molar refractivity (Wildman–Crippen MR) is 55.1 cm³/mol. The number of hydrogen-bond donors (Lipinski definition) is 0. The van der Waals surface area contributed by atoms with Crippen molar-refractivity contribution in [3.63, 3.8) is 0 Å². The van der Waals surface area contributed by atoms with Gasteiger partial charge < -0.3 is 0 Å². The second kappa shape index (κ2) is 4.30. The van der Waals surface area contributed by atoms with E-state index >= 15 is 0 Å². The minimum absolute atomic E-state index is 0.842. The van der Waals surface area contributed by atoms with Crippen LogP contribution in [0.4, 0.5) is 0 Å². The van der Waals surface area contributed by atoms with Gasteiger partial charge in [-0.25, -0.2) is 0 Å². The Balaban J connectivity index is 2.77. The first kappa shape index (κ1) is 9.31. The lowest BCUT2D eigenvalue weighted by atomic mass is 9.84. The first-order chi connectivity index (χ1) is 5.80. The molecular weight excluding hydrogens is 144 g/mol. The smallest absolute Gasteiger partial charge is 0.0247 e. The lowest BCUT2D eigenvalue weighted by Gasteiger charge is -2.21. The molecule has 1 aliphatic rings. The summed E-state index contributed by atoms with van der Waals surface area (Å²) in [7, 11) is 0. The van der Waals surface area contributed by atoms with Crippen LogP contribution in [0.3, 0.4) is 0 Å². The lowest BCUT2D eigenvalue weighted by Crippen LogP contribution is -2.06. The Morgan fingerprint density at radius 3 is 2.83 bits per heavy atom. The van der Waals surface area contributed by atoms with E-state index in [-0.39, 0.29) is 0 Å². The SMILES string of the molecule is C=CC1=C/C(=C/C)CC(CC)C1. The van der Waals surface area contributed by atoms with E-state index in [1.165, 1.54) is 30.4 Å². The van der Waals surface area contributed by atoms with E-state index < -0.39 is 0 Å². The van der Waals surface area contributed by atoms with Gasteiger partial charge in [-0.3, -0.25) is 0 Å². The van der Waals surface area contributed by atoms with E-state index in [0.29, 0.717) is 0 Å². The summed E-state index contributed by atoms with van der Waals surface area (Å²) in [6, 6.07) is 0. The summed E-state index contributed by atoms with van der Waals surface area (Å²) >= 11 is 0. The van der Waals surface area contributed by atoms with Gasteiger partial charge in [0, 0.05) is 0 Å². The molecule has 1 aliphatic carbocycles. The number of rotatable bonds is 2. The Hall–Kier alpha value is -0.780. The second-order valence-electron chi connectivity index (χ2n) is 3.47. The average Bonchev–Trinajstić information content (AvgIpc) is 2.16. The maximum atomic E-state index is 3.83. The molecule has 0 heterocycles. The quantitative estimate of drug-likeness (QED) is 0.578. The summed E-state index contributed by atoms with van der Waals surface area (Å²) in [6.45, 7) is 8.21. The molecule has 0 saturated heterocycles. The molecule has 0 saturated carbocycles. The highest BCUT2D eigenvalue weighted by Gasteiger charge is 2.14. The van der Waals surface area contributed by atoms with Gasteiger partial charge in [0.1, 0.15) is 0 Å². The third kappa shape index (κ3) is 2.10. The molecule has 1 unspecified atom stereocenters. The van der Waals surface area contributed by atoms with E-state index in [9.17, 15) is 0 Å². The van der Waals surface area contributed by atoms with Crippen molar-refractivity contribution in [2.75, 3.05) is 0 Å². The fraction of sp³-hybridized carbons (Fsp3) is 0.500.